The van der Waals surface area contributed by atoms with E-state index in [4.69, 9.17) is 5.73 Å². The molecule has 1 heterocycles. The second-order valence-electron chi connectivity index (χ2n) is 5.26. The summed E-state index contributed by atoms with van der Waals surface area (Å²) in [4.78, 5) is 12.2. The van der Waals surface area contributed by atoms with Gasteiger partial charge in [-0.1, -0.05) is 38.5 Å². The molecular weight excluding hydrogens is 264 g/mol. The maximum atomic E-state index is 12.2. The van der Waals surface area contributed by atoms with Gasteiger partial charge < -0.3 is 11.1 Å². The fraction of sp³-hybridized carbons (Fsp3) is 0.375. The molecule has 0 saturated carbocycles. The zero-order valence-corrected chi connectivity index (χ0v) is 12.5. The average Bonchev–Trinajstić information content (AvgIpc) is 3.00. The molecule has 1 aromatic heterocycles. The van der Waals surface area contributed by atoms with E-state index >= 15 is 0 Å². The van der Waals surface area contributed by atoms with Crippen molar-refractivity contribution >= 4 is 11.6 Å². The SMILES string of the molecule is CC[C@H](C)[C@H](N)C(=O)Nc1ccccc1Cn1cccn1. The highest BCUT2D eigenvalue weighted by Crippen LogP contribution is 2.17. The molecule has 2 aromatic rings. The fourth-order valence-corrected chi connectivity index (χ4v) is 2.08. The Morgan fingerprint density at radius 1 is 1.38 bits per heavy atom. The molecule has 0 spiro atoms. The molecule has 0 radical (unpaired) electrons. The number of hydrogen-bond donors (Lipinski definition) is 2. The first-order valence-electron chi connectivity index (χ1n) is 7.23. The molecule has 0 bridgehead atoms. The van der Waals surface area contributed by atoms with Gasteiger partial charge in [-0.05, 0) is 23.6 Å². The Balaban J connectivity index is 2.11. The topological polar surface area (TPSA) is 72.9 Å². The van der Waals surface area contributed by atoms with Gasteiger partial charge in [0, 0.05) is 18.1 Å². The first kappa shape index (κ1) is 15.3. The molecule has 112 valence electrons. The molecule has 0 unspecified atom stereocenters. The van der Waals surface area contributed by atoms with E-state index in [0.717, 1.165) is 17.7 Å². The summed E-state index contributed by atoms with van der Waals surface area (Å²) in [6, 6.07) is 9.10. The second kappa shape index (κ2) is 7.04. The summed E-state index contributed by atoms with van der Waals surface area (Å²) in [5.41, 5.74) is 7.77. The Labute approximate surface area is 125 Å². The van der Waals surface area contributed by atoms with E-state index in [2.05, 4.69) is 10.4 Å². The van der Waals surface area contributed by atoms with Gasteiger partial charge in [-0.25, -0.2) is 0 Å². The summed E-state index contributed by atoms with van der Waals surface area (Å²) in [5.74, 6) is 0.0144. The number of amides is 1. The van der Waals surface area contributed by atoms with Crippen molar-refractivity contribution in [3.05, 3.63) is 48.3 Å². The van der Waals surface area contributed by atoms with E-state index in [1.807, 2.05) is 55.1 Å². The quantitative estimate of drug-likeness (QED) is 0.855. The van der Waals surface area contributed by atoms with E-state index in [1.54, 1.807) is 6.20 Å². The van der Waals surface area contributed by atoms with Crippen LogP contribution in [0.5, 0.6) is 0 Å². The summed E-state index contributed by atoms with van der Waals surface area (Å²) >= 11 is 0. The normalized spacial score (nSPS) is 13.7. The van der Waals surface area contributed by atoms with Crippen molar-refractivity contribution in [1.82, 2.24) is 9.78 Å². The molecule has 0 aliphatic carbocycles. The lowest BCUT2D eigenvalue weighted by molar-refractivity contribution is -0.118. The number of hydrogen-bond acceptors (Lipinski definition) is 3. The van der Waals surface area contributed by atoms with Crippen molar-refractivity contribution in [2.75, 3.05) is 5.32 Å². The van der Waals surface area contributed by atoms with Crippen molar-refractivity contribution in [2.24, 2.45) is 11.7 Å². The molecule has 21 heavy (non-hydrogen) atoms. The van der Waals surface area contributed by atoms with Crippen LogP contribution in [0, 0.1) is 5.92 Å². The number of nitrogens with one attached hydrogen (secondary N) is 1. The predicted molar refractivity (Wildman–Crippen MR) is 83.8 cm³/mol. The van der Waals surface area contributed by atoms with E-state index in [1.165, 1.54) is 0 Å². The summed E-state index contributed by atoms with van der Waals surface area (Å²) in [6.45, 7) is 4.63. The van der Waals surface area contributed by atoms with Crippen molar-refractivity contribution in [3.63, 3.8) is 0 Å². The third-order valence-corrected chi connectivity index (χ3v) is 3.73. The third kappa shape index (κ3) is 3.92. The van der Waals surface area contributed by atoms with Crippen LogP contribution in [0.25, 0.3) is 0 Å². The number of carbonyl (C=O) groups excluding carboxylic acids is 1. The lowest BCUT2D eigenvalue weighted by Crippen LogP contribution is -2.40. The number of aromatic nitrogens is 2. The second-order valence-corrected chi connectivity index (χ2v) is 5.26. The fourth-order valence-electron chi connectivity index (χ4n) is 2.08. The largest absolute Gasteiger partial charge is 0.324 e. The number of anilines is 1. The van der Waals surface area contributed by atoms with Gasteiger partial charge in [-0.15, -0.1) is 0 Å². The monoisotopic (exact) mass is 286 g/mol. The van der Waals surface area contributed by atoms with Crippen LogP contribution in [0.3, 0.4) is 0 Å². The van der Waals surface area contributed by atoms with Gasteiger partial charge in [0.05, 0.1) is 12.6 Å². The van der Waals surface area contributed by atoms with Crippen LogP contribution in [0.4, 0.5) is 5.69 Å². The highest BCUT2D eigenvalue weighted by molar-refractivity contribution is 5.95. The molecule has 3 N–H and O–H groups in total. The van der Waals surface area contributed by atoms with Crippen LogP contribution in [-0.2, 0) is 11.3 Å². The first-order chi connectivity index (χ1) is 10.1. The minimum Gasteiger partial charge on any atom is -0.324 e. The Hall–Kier alpha value is -2.14. The van der Waals surface area contributed by atoms with E-state index < -0.39 is 6.04 Å². The number of carbonyl (C=O) groups is 1. The number of nitrogens with zero attached hydrogens (tertiary/aromatic N) is 2. The van der Waals surface area contributed by atoms with Crippen LogP contribution >= 0.6 is 0 Å². The van der Waals surface area contributed by atoms with Gasteiger partial charge in [0.25, 0.3) is 0 Å². The van der Waals surface area contributed by atoms with Crippen molar-refractivity contribution in [1.29, 1.82) is 0 Å². The van der Waals surface area contributed by atoms with E-state index in [-0.39, 0.29) is 11.8 Å². The third-order valence-electron chi connectivity index (χ3n) is 3.73. The summed E-state index contributed by atoms with van der Waals surface area (Å²) in [6.07, 6.45) is 4.51. The summed E-state index contributed by atoms with van der Waals surface area (Å²) in [7, 11) is 0. The molecule has 0 aliphatic rings. The average molecular weight is 286 g/mol. The van der Waals surface area contributed by atoms with Gasteiger partial charge in [0.15, 0.2) is 0 Å². The molecule has 2 atom stereocenters. The number of benzene rings is 1. The van der Waals surface area contributed by atoms with Gasteiger partial charge in [0.2, 0.25) is 5.91 Å². The molecule has 0 fully saturated rings. The van der Waals surface area contributed by atoms with Crippen LogP contribution in [0.15, 0.2) is 42.7 Å². The van der Waals surface area contributed by atoms with Crippen LogP contribution in [0.2, 0.25) is 0 Å². The van der Waals surface area contributed by atoms with Crippen molar-refractivity contribution < 1.29 is 4.79 Å². The predicted octanol–water partition coefficient (Wildman–Crippen LogP) is 2.24. The highest BCUT2D eigenvalue weighted by atomic mass is 16.2. The molecule has 5 heteroatoms. The maximum absolute atomic E-state index is 12.2. The minimum absolute atomic E-state index is 0.141. The van der Waals surface area contributed by atoms with Crippen molar-refractivity contribution in [3.8, 4) is 0 Å². The molecule has 5 nitrogen and oxygen atoms in total. The Kier molecular flexibility index (Phi) is 5.11. The maximum Gasteiger partial charge on any atom is 0.241 e. The van der Waals surface area contributed by atoms with Crippen molar-refractivity contribution in [2.45, 2.75) is 32.9 Å². The smallest absolute Gasteiger partial charge is 0.241 e. The molecule has 2 rings (SSSR count). The van der Waals surface area contributed by atoms with E-state index in [0.29, 0.717) is 6.54 Å². The lowest BCUT2D eigenvalue weighted by atomic mass is 9.99. The molecular formula is C16H22N4O. The highest BCUT2D eigenvalue weighted by Gasteiger charge is 2.20. The van der Waals surface area contributed by atoms with Gasteiger partial charge >= 0.3 is 0 Å². The molecule has 1 amide bonds. The zero-order valence-electron chi connectivity index (χ0n) is 12.5. The Morgan fingerprint density at radius 3 is 2.81 bits per heavy atom. The van der Waals surface area contributed by atoms with Gasteiger partial charge in [-0.3, -0.25) is 9.48 Å². The number of rotatable bonds is 6. The zero-order chi connectivity index (χ0) is 15.2. The molecule has 1 aromatic carbocycles. The first-order valence-corrected chi connectivity index (χ1v) is 7.23. The molecule has 0 saturated heterocycles. The van der Waals surface area contributed by atoms with Crippen LogP contribution < -0.4 is 11.1 Å². The molecule has 0 aliphatic heterocycles. The van der Waals surface area contributed by atoms with Gasteiger partial charge in [-0.2, -0.15) is 5.10 Å². The lowest BCUT2D eigenvalue weighted by Gasteiger charge is -2.19. The van der Waals surface area contributed by atoms with Crippen LogP contribution in [-0.4, -0.2) is 21.7 Å². The standard InChI is InChI=1S/C16H22N4O/c1-3-12(2)15(17)16(21)19-14-8-5-4-7-13(14)11-20-10-6-9-18-20/h4-10,12,15H,3,11,17H2,1-2H3,(H,19,21)/t12-,15-/m0/s1. The van der Waals surface area contributed by atoms with Gasteiger partial charge in [0.1, 0.15) is 0 Å². The summed E-state index contributed by atoms with van der Waals surface area (Å²) < 4.78 is 1.82. The summed E-state index contributed by atoms with van der Waals surface area (Å²) in [5, 5.41) is 7.12. The minimum atomic E-state index is -0.493. The Bertz CT molecular complexity index is 580. The number of nitrogens with two attached hydrogens (primary N) is 1. The Morgan fingerprint density at radius 2 is 2.14 bits per heavy atom. The van der Waals surface area contributed by atoms with E-state index in [9.17, 15) is 4.79 Å². The van der Waals surface area contributed by atoms with Crippen LogP contribution in [0.1, 0.15) is 25.8 Å². The number of para-hydroxylation sites is 1.